The number of nitriles is 1. The van der Waals surface area contributed by atoms with E-state index in [0.717, 1.165) is 0 Å². The number of hydrogen-bond acceptors (Lipinski definition) is 7. The lowest BCUT2D eigenvalue weighted by molar-refractivity contribution is 0.631. The molecule has 0 fully saturated rings. The molecule has 1 atom stereocenters. The number of benzene rings is 1. The third-order valence-electron chi connectivity index (χ3n) is 4.67. The van der Waals surface area contributed by atoms with Crippen LogP contribution in [0.3, 0.4) is 0 Å². The van der Waals surface area contributed by atoms with Crippen molar-refractivity contribution >= 4 is 22.7 Å². The van der Waals surface area contributed by atoms with Crippen LogP contribution < -0.4 is 11.1 Å². The van der Waals surface area contributed by atoms with Crippen LogP contribution in [0.25, 0.3) is 22.3 Å². The Bertz CT molecular complexity index is 1240. The summed E-state index contributed by atoms with van der Waals surface area (Å²) >= 11 is 0. The van der Waals surface area contributed by atoms with E-state index in [2.05, 4.69) is 25.3 Å². The summed E-state index contributed by atoms with van der Waals surface area (Å²) in [6, 6.07) is 10.0. The second-order valence-corrected chi connectivity index (χ2v) is 6.49. The van der Waals surface area contributed by atoms with Gasteiger partial charge in [-0.05, 0) is 31.2 Å². The number of aromatic nitrogens is 5. The van der Waals surface area contributed by atoms with Crippen molar-refractivity contribution < 1.29 is 4.39 Å². The molecule has 0 aliphatic heterocycles. The lowest BCUT2D eigenvalue weighted by Crippen LogP contribution is -2.15. The van der Waals surface area contributed by atoms with Crippen molar-refractivity contribution in [2.24, 2.45) is 7.05 Å². The van der Waals surface area contributed by atoms with Gasteiger partial charge in [-0.2, -0.15) is 5.26 Å². The van der Waals surface area contributed by atoms with E-state index in [0.29, 0.717) is 33.9 Å². The summed E-state index contributed by atoms with van der Waals surface area (Å²) in [5, 5.41) is 12.5. The molecule has 3 N–H and O–H groups in total. The second-order valence-electron chi connectivity index (χ2n) is 6.49. The van der Waals surface area contributed by atoms with E-state index in [1.165, 1.54) is 12.4 Å². The van der Waals surface area contributed by atoms with Crippen LogP contribution in [0.5, 0.6) is 0 Å². The Balaban J connectivity index is 1.81. The molecule has 0 radical (unpaired) electrons. The molecule has 3 aromatic heterocycles. The highest BCUT2D eigenvalue weighted by Gasteiger charge is 2.21. The SMILES string of the molecule is CC(Nc1ncnc(N)c1C#N)c1nc2ccc(F)c(-c3ccccn3)c2n1C. The van der Waals surface area contributed by atoms with Gasteiger partial charge in [-0.15, -0.1) is 0 Å². The molecule has 0 amide bonds. The summed E-state index contributed by atoms with van der Waals surface area (Å²) < 4.78 is 16.5. The van der Waals surface area contributed by atoms with Crippen molar-refractivity contribution in [2.75, 3.05) is 11.1 Å². The molecule has 0 aliphatic rings. The molecule has 0 spiro atoms. The Labute approximate surface area is 165 Å². The normalized spacial score (nSPS) is 11.9. The molecule has 0 bridgehead atoms. The first-order valence-electron chi connectivity index (χ1n) is 8.84. The standard InChI is InChI=1S/C20H17FN8/c1-11(27-19-12(9-22)18(23)25-10-26-19)20-28-15-7-6-13(21)16(17(15)29(20)2)14-5-3-4-8-24-14/h3-8,10-11H,1-2H3,(H3,23,25,26,27). The van der Waals surface area contributed by atoms with E-state index < -0.39 is 0 Å². The average Bonchev–Trinajstić information content (AvgIpc) is 3.05. The minimum atomic E-state index is -0.373. The van der Waals surface area contributed by atoms with Gasteiger partial charge < -0.3 is 15.6 Å². The van der Waals surface area contributed by atoms with Crippen LogP contribution in [-0.2, 0) is 7.05 Å². The summed E-state index contributed by atoms with van der Waals surface area (Å²) in [6.07, 6.45) is 2.91. The number of fused-ring (bicyclic) bond motifs is 1. The fraction of sp³-hybridized carbons (Fsp3) is 0.150. The third-order valence-corrected chi connectivity index (χ3v) is 4.67. The van der Waals surface area contributed by atoms with Gasteiger partial charge in [0.25, 0.3) is 0 Å². The van der Waals surface area contributed by atoms with Crippen LogP contribution in [-0.4, -0.2) is 24.5 Å². The zero-order valence-electron chi connectivity index (χ0n) is 15.8. The van der Waals surface area contributed by atoms with Gasteiger partial charge >= 0.3 is 0 Å². The summed E-state index contributed by atoms with van der Waals surface area (Å²) in [6.45, 7) is 1.87. The molecule has 0 saturated carbocycles. The molecule has 0 saturated heterocycles. The molecule has 1 unspecified atom stereocenters. The van der Waals surface area contributed by atoms with Crippen molar-refractivity contribution in [2.45, 2.75) is 13.0 Å². The van der Waals surface area contributed by atoms with Crippen molar-refractivity contribution in [3.63, 3.8) is 0 Å². The summed E-state index contributed by atoms with van der Waals surface area (Å²) in [5.41, 5.74) is 8.11. The first-order valence-corrected chi connectivity index (χ1v) is 8.84. The molecule has 144 valence electrons. The number of nitrogens with zero attached hydrogens (tertiary/aromatic N) is 6. The van der Waals surface area contributed by atoms with Crippen molar-refractivity contribution in [1.29, 1.82) is 5.26 Å². The average molecular weight is 388 g/mol. The van der Waals surface area contributed by atoms with Crippen LogP contribution in [0, 0.1) is 17.1 Å². The Morgan fingerprint density at radius 3 is 2.76 bits per heavy atom. The van der Waals surface area contributed by atoms with Crippen molar-refractivity contribution in [3.05, 3.63) is 60.1 Å². The van der Waals surface area contributed by atoms with Gasteiger partial charge in [0.1, 0.15) is 41.2 Å². The number of pyridine rings is 1. The number of imidazole rings is 1. The third kappa shape index (κ3) is 3.10. The first kappa shape index (κ1) is 18.3. The molecule has 4 rings (SSSR count). The van der Waals surface area contributed by atoms with E-state index in [9.17, 15) is 9.65 Å². The van der Waals surface area contributed by atoms with E-state index in [1.807, 2.05) is 30.7 Å². The zero-order valence-corrected chi connectivity index (χ0v) is 15.8. The van der Waals surface area contributed by atoms with Gasteiger partial charge in [-0.1, -0.05) is 6.07 Å². The smallest absolute Gasteiger partial charge is 0.150 e. The van der Waals surface area contributed by atoms with E-state index in [4.69, 9.17) is 5.73 Å². The van der Waals surface area contributed by atoms with Crippen molar-refractivity contribution in [1.82, 2.24) is 24.5 Å². The molecule has 8 nitrogen and oxygen atoms in total. The number of nitrogen functional groups attached to an aromatic ring is 1. The molecule has 3 heterocycles. The molecule has 9 heteroatoms. The number of hydrogen-bond donors (Lipinski definition) is 2. The number of nitrogens with two attached hydrogens (primary N) is 1. The van der Waals surface area contributed by atoms with E-state index in [1.54, 1.807) is 24.4 Å². The maximum absolute atomic E-state index is 14.7. The number of nitrogens with one attached hydrogen (secondary N) is 1. The Morgan fingerprint density at radius 2 is 2.03 bits per heavy atom. The fourth-order valence-electron chi connectivity index (χ4n) is 3.33. The molecule has 0 aliphatic carbocycles. The van der Waals surface area contributed by atoms with Gasteiger partial charge in [0.05, 0.1) is 28.3 Å². The minimum absolute atomic E-state index is 0.0988. The quantitative estimate of drug-likeness (QED) is 0.551. The van der Waals surface area contributed by atoms with Crippen LogP contribution in [0.2, 0.25) is 0 Å². The van der Waals surface area contributed by atoms with E-state index in [-0.39, 0.29) is 23.2 Å². The van der Waals surface area contributed by atoms with Crippen LogP contribution in [0.4, 0.5) is 16.0 Å². The molecule has 4 aromatic rings. The predicted octanol–water partition coefficient (Wildman–Crippen LogP) is 3.19. The van der Waals surface area contributed by atoms with Gasteiger partial charge in [0.2, 0.25) is 0 Å². The van der Waals surface area contributed by atoms with Crippen LogP contribution >= 0.6 is 0 Å². The van der Waals surface area contributed by atoms with Gasteiger partial charge in [0, 0.05) is 13.2 Å². The number of anilines is 2. The first-order chi connectivity index (χ1) is 14.0. The monoisotopic (exact) mass is 388 g/mol. The van der Waals surface area contributed by atoms with Gasteiger partial charge in [0.15, 0.2) is 0 Å². The molecular weight excluding hydrogens is 371 g/mol. The highest BCUT2D eigenvalue weighted by molar-refractivity contribution is 5.92. The zero-order chi connectivity index (χ0) is 20.5. The highest BCUT2D eigenvalue weighted by atomic mass is 19.1. The topological polar surface area (TPSA) is 118 Å². The largest absolute Gasteiger partial charge is 0.382 e. The van der Waals surface area contributed by atoms with E-state index >= 15 is 0 Å². The Hall–Kier alpha value is -4.06. The molecule has 29 heavy (non-hydrogen) atoms. The summed E-state index contributed by atoms with van der Waals surface area (Å²) in [5.74, 6) is 0.683. The van der Waals surface area contributed by atoms with Crippen LogP contribution in [0.1, 0.15) is 24.4 Å². The fourth-order valence-corrected chi connectivity index (χ4v) is 3.33. The lowest BCUT2D eigenvalue weighted by atomic mass is 10.1. The van der Waals surface area contributed by atoms with Gasteiger partial charge in [-0.25, -0.2) is 19.3 Å². The predicted molar refractivity (Wildman–Crippen MR) is 107 cm³/mol. The molecule has 1 aromatic carbocycles. The number of halogens is 1. The van der Waals surface area contributed by atoms with Crippen LogP contribution in [0.15, 0.2) is 42.9 Å². The highest BCUT2D eigenvalue weighted by Crippen LogP contribution is 2.32. The maximum atomic E-state index is 14.7. The second kappa shape index (κ2) is 7.16. The maximum Gasteiger partial charge on any atom is 0.150 e. The molecular formula is C20H17FN8. The number of aryl methyl sites for hydroxylation is 1. The van der Waals surface area contributed by atoms with Gasteiger partial charge in [-0.3, -0.25) is 4.98 Å². The summed E-state index contributed by atoms with van der Waals surface area (Å²) in [7, 11) is 1.81. The number of rotatable bonds is 4. The minimum Gasteiger partial charge on any atom is -0.382 e. The summed E-state index contributed by atoms with van der Waals surface area (Å²) in [4.78, 5) is 16.9. The Kier molecular flexibility index (Phi) is 4.52. The Morgan fingerprint density at radius 1 is 1.21 bits per heavy atom. The van der Waals surface area contributed by atoms with Crippen molar-refractivity contribution in [3.8, 4) is 17.3 Å². The lowest BCUT2D eigenvalue weighted by Gasteiger charge is -2.16.